The van der Waals surface area contributed by atoms with Crippen molar-refractivity contribution in [3.63, 3.8) is 0 Å². The van der Waals surface area contributed by atoms with Crippen molar-refractivity contribution >= 4 is 5.69 Å². The topological polar surface area (TPSA) is 15.3 Å². The predicted octanol–water partition coefficient (Wildman–Crippen LogP) is 4.58. The summed E-state index contributed by atoms with van der Waals surface area (Å²) in [7, 11) is 0. The Balaban J connectivity index is 1.42. The van der Waals surface area contributed by atoms with Gasteiger partial charge in [0.25, 0.3) is 0 Å². The molecule has 1 heterocycles. The van der Waals surface area contributed by atoms with Gasteiger partial charge in [-0.25, -0.2) is 0 Å². The molecule has 0 spiro atoms. The van der Waals surface area contributed by atoms with Crippen LogP contribution >= 0.6 is 0 Å². The molecule has 1 unspecified atom stereocenters. The first-order valence-electron chi connectivity index (χ1n) is 10.0. The van der Waals surface area contributed by atoms with Crippen molar-refractivity contribution < 1.29 is 0 Å². The number of benzene rings is 2. The number of rotatable bonds is 6. The Hall–Kier alpha value is -1.80. The number of piperidine rings is 1. The number of nitrogens with zero attached hydrogens (tertiary/aromatic N) is 1. The van der Waals surface area contributed by atoms with Crippen LogP contribution in [0.4, 0.5) is 5.69 Å². The van der Waals surface area contributed by atoms with Crippen LogP contribution in [0.25, 0.3) is 0 Å². The summed E-state index contributed by atoms with van der Waals surface area (Å²) in [5.41, 5.74) is 4.47. The fraction of sp³-hybridized carbons (Fsp3) is 0.478. The van der Waals surface area contributed by atoms with Crippen LogP contribution in [0.1, 0.15) is 43.2 Å². The maximum absolute atomic E-state index is 3.70. The molecule has 0 aromatic heterocycles. The highest BCUT2D eigenvalue weighted by Crippen LogP contribution is 2.29. The average molecular weight is 335 g/mol. The Kier molecular flexibility index (Phi) is 5.37. The van der Waals surface area contributed by atoms with E-state index in [0.717, 1.165) is 6.04 Å². The van der Waals surface area contributed by atoms with Crippen molar-refractivity contribution in [3.8, 4) is 0 Å². The molecule has 1 aliphatic heterocycles. The van der Waals surface area contributed by atoms with E-state index in [4.69, 9.17) is 0 Å². The summed E-state index contributed by atoms with van der Waals surface area (Å²) in [5, 5.41) is 3.70. The first-order chi connectivity index (χ1) is 12.4. The third-order valence-electron chi connectivity index (χ3n) is 5.92. The molecule has 25 heavy (non-hydrogen) atoms. The minimum atomic E-state index is 0.610. The minimum Gasteiger partial charge on any atom is -0.368 e. The van der Waals surface area contributed by atoms with E-state index in [9.17, 15) is 0 Å². The molecular weight excluding hydrogens is 304 g/mol. The van der Waals surface area contributed by atoms with E-state index in [1.807, 2.05) is 0 Å². The molecule has 1 fully saturated rings. The van der Waals surface area contributed by atoms with Crippen LogP contribution in [0.3, 0.4) is 0 Å². The number of hydrogen-bond acceptors (Lipinski definition) is 2. The van der Waals surface area contributed by atoms with E-state index in [-0.39, 0.29) is 0 Å². The van der Waals surface area contributed by atoms with Gasteiger partial charge >= 0.3 is 0 Å². The van der Waals surface area contributed by atoms with Gasteiger partial charge in [0.15, 0.2) is 0 Å². The van der Waals surface area contributed by atoms with Crippen molar-refractivity contribution in [2.45, 2.75) is 57.0 Å². The van der Waals surface area contributed by atoms with Crippen LogP contribution in [0.5, 0.6) is 0 Å². The molecule has 0 bridgehead atoms. The predicted molar refractivity (Wildman–Crippen MR) is 106 cm³/mol. The molecule has 0 radical (unpaired) electrons. The summed E-state index contributed by atoms with van der Waals surface area (Å²) >= 11 is 0. The summed E-state index contributed by atoms with van der Waals surface area (Å²) in [6, 6.07) is 21.4. The van der Waals surface area contributed by atoms with Gasteiger partial charge in [0.1, 0.15) is 0 Å². The fourth-order valence-electron chi connectivity index (χ4n) is 4.58. The molecule has 1 atom stereocenters. The molecule has 2 aromatic carbocycles. The van der Waals surface area contributed by atoms with Gasteiger partial charge in [0.05, 0.1) is 0 Å². The summed E-state index contributed by atoms with van der Waals surface area (Å²) in [6.45, 7) is 2.38. The maximum Gasteiger partial charge on any atom is 0.0370 e. The number of fused-ring (bicyclic) bond motifs is 1. The normalized spacial score (nSPS) is 20.4. The van der Waals surface area contributed by atoms with Crippen LogP contribution in [-0.2, 0) is 12.8 Å². The van der Waals surface area contributed by atoms with Gasteiger partial charge in [-0.1, -0.05) is 48.9 Å². The lowest BCUT2D eigenvalue weighted by Crippen LogP contribution is -2.38. The Labute approximate surface area is 152 Å². The SMILES string of the molecule is c1ccc(N(CCCC2CCCCN2)C2Cc3ccccc3C2)cc1. The number of para-hydroxylation sites is 1. The Morgan fingerprint density at radius 3 is 2.28 bits per heavy atom. The molecule has 2 aliphatic rings. The third kappa shape index (κ3) is 4.07. The van der Waals surface area contributed by atoms with Gasteiger partial charge in [-0.05, 0) is 68.3 Å². The zero-order chi connectivity index (χ0) is 16.9. The second-order valence-electron chi connectivity index (χ2n) is 7.65. The summed E-state index contributed by atoms with van der Waals surface area (Å²) in [4.78, 5) is 2.67. The lowest BCUT2D eigenvalue weighted by Gasteiger charge is -2.32. The van der Waals surface area contributed by atoms with E-state index in [1.54, 1.807) is 11.1 Å². The van der Waals surface area contributed by atoms with Crippen molar-refractivity contribution in [2.24, 2.45) is 0 Å². The highest BCUT2D eigenvalue weighted by atomic mass is 15.2. The largest absolute Gasteiger partial charge is 0.368 e. The molecule has 1 N–H and O–H groups in total. The van der Waals surface area contributed by atoms with E-state index in [0.29, 0.717) is 6.04 Å². The van der Waals surface area contributed by atoms with Crippen molar-refractivity contribution in [1.82, 2.24) is 5.32 Å². The number of hydrogen-bond donors (Lipinski definition) is 1. The first-order valence-corrected chi connectivity index (χ1v) is 10.0. The van der Waals surface area contributed by atoms with E-state index < -0.39 is 0 Å². The second kappa shape index (κ2) is 8.05. The van der Waals surface area contributed by atoms with Crippen LogP contribution < -0.4 is 10.2 Å². The lowest BCUT2D eigenvalue weighted by molar-refractivity contribution is 0.374. The molecule has 0 amide bonds. The maximum atomic E-state index is 3.70. The van der Waals surface area contributed by atoms with Gasteiger partial charge in [0.2, 0.25) is 0 Å². The minimum absolute atomic E-state index is 0.610. The van der Waals surface area contributed by atoms with Crippen LogP contribution in [-0.4, -0.2) is 25.2 Å². The van der Waals surface area contributed by atoms with E-state index >= 15 is 0 Å². The highest BCUT2D eigenvalue weighted by Gasteiger charge is 2.26. The average Bonchev–Trinajstić information content (AvgIpc) is 3.10. The Morgan fingerprint density at radius 2 is 1.60 bits per heavy atom. The second-order valence-corrected chi connectivity index (χ2v) is 7.65. The lowest BCUT2D eigenvalue weighted by atomic mass is 10.00. The zero-order valence-corrected chi connectivity index (χ0v) is 15.2. The molecule has 2 heteroatoms. The van der Waals surface area contributed by atoms with E-state index in [1.165, 1.54) is 63.7 Å². The molecule has 1 aliphatic carbocycles. The van der Waals surface area contributed by atoms with Crippen molar-refractivity contribution in [3.05, 3.63) is 65.7 Å². The standard InChI is InChI=1S/C23H30N2/c1-2-13-22(14-3-1)25(16-8-12-21-11-6-7-15-24-21)23-17-19-9-4-5-10-20(19)18-23/h1-5,9-10,13-14,21,23-24H,6-8,11-12,15-18H2. The van der Waals surface area contributed by atoms with Crippen LogP contribution in [0.2, 0.25) is 0 Å². The molecule has 0 saturated carbocycles. The van der Waals surface area contributed by atoms with Gasteiger partial charge in [-0.3, -0.25) is 0 Å². The zero-order valence-electron chi connectivity index (χ0n) is 15.2. The number of anilines is 1. The van der Waals surface area contributed by atoms with Crippen molar-refractivity contribution in [2.75, 3.05) is 18.0 Å². The first kappa shape index (κ1) is 16.7. The van der Waals surface area contributed by atoms with E-state index in [2.05, 4.69) is 64.8 Å². The van der Waals surface area contributed by atoms with Gasteiger partial charge in [-0.15, -0.1) is 0 Å². The Bertz CT molecular complexity index is 636. The third-order valence-corrected chi connectivity index (χ3v) is 5.92. The fourth-order valence-corrected chi connectivity index (χ4v) is 4.58. The Morgan fingerprint density at radius 1 is 0.880 bits per heavy atom. The van der Waals surface area contributed by atoms with Gasteiger partial charge < -0.3 is 10.2 Å². The molecular formula is C23H30N2. The molecule has 4 rings (SSSR count). The molecule has 2 nitrogen and oxygen atoms in total. The summed E-state index contributed by atoms with van der Waals surface area (Å²) in [6.07, 6.45) is 9.08. The smallest absolute Gasteiger partial charge is 0.0370 e. The summed E-state index contributed by atoms with van der Waals surface area (Å²) in [5.74, 6) is 0. The monoisotopic (exact) mass is 334 g/mol. The van der Waals surface area contributed by atoms with Gasteiger partial charge in [-0.2, -0.15) is 0 Å². The number of nitrogens with one attached hydrogen (secondary N) is 1. The molecule has 1 saturated heterocycles. The quantitative estimate of drug-likeness (QED) is 0.831. The highest BCUT2D eigenvalue weighted by molar-refractivity contribution is 5.49. The molecule has 2 aromatic rings. The van der Waals surface area contributed by atoms with Gasteiger partial charge in [0, 0.05) is 24.3 Å². The van der Waals surface area contributed by atoms with Crippen LogP contribution in [0, 0.1) is 0 Å². The van der Waals surface area contributed by atoms with Crippen LogP contribution in [0.15, 0.2) is 54.6 Å². The molecule has 132 valence electrons. The van der Waals surface area contributed by atoms with Crippen molar-refractivity contribution in [1.29, 1.82) is 0 Å². The summed E-state index contributed by atoms with van der Waals surface area (Å²) < 4.78 is 0.